The topological polar surface area (TPSA) is 95.9 Å². The number of carbonyl (C=O) groups excluding carboxylic acids is 1. The molecule has 1 amide bonds. The largest absolute Gasteiger partial charge is 0.481 e. The number of ether oxygens (including phenoxy) is 1. The van der Waals surface area contributed by atoms with E-state index in [1.165, 1.54) is 0 Å². The maximum absolute atomic E-state index is 11.7. The van der Waals surface area contributed by atoms with Gasteiger partial charge in [-0.05, 0) is 46.5 Å². The predicted octanol–water partition coefficient (Wildman–Crippen LogP) is 2.40. The number of rotatable bonds is 7. The van der Waals surface area contributed by atoms with Gasteiger partial charge in [0, 0.05) is 6.54 Å². The molecular weight excluding hydrogens is 274 g/mol. The molecular formula is C15H29NO5. The molecule has 0 aromatic rings. The zero-order chi connectivity index (χ0) is 16.8. The van der Waals surface area contributed by atoms with E-state index in [9.17, 15) is 19.8 Å². The van der Waals surface area contributed by atoms with E-state index in [1.807, 2.05) is 0 Å². The highest BCUT2D eigenvalue weighted by molar-refractivity contribution is 5.76. The molecule has 0 fully saturated rings. The summed E-state index contributed by atoms with van der Waals surface area (Å²) in [5, 5.41) is 21.5. The molecule has 0 aromatic carbocycles. The van der Waals surface area contributed by atoms with Crippen molar-refractivity contribution in [1.29, 1.82) is 0 Å². The quantitative estimate of drug-likeness (QED) is 0.671. The van der Waals surface area contributed by atoms with Crippen LogP contribution in [0, 0.1) is 11.3 Å². The maximum Gasteiger partial charge on any atom is 0.407 e. The lowest BCUT2D eigenvalue weighted by molar-refractivity contribution is -0.152. The Morgan fingerprint density at radius 1 is 1.19 bits per heavy atom. The van der Waals surface area contributed by atoms with Gasteiger partial charge < -0.3 is 20.3 Å². The van der Waals surface area contributed by atoms with E-state index in [4.69, 9.17) is 4.74 Å². The number of amides is 1. The van der Waals surface area contributed by atoms with E-state index in [-0.39, 0.29) is 18.9 Å². The van der Waals surface area contributed by atoms with Crippen LogP contribution in [-0.4, -0.2) is 40.5 Å². The van der Waals surface area contributed by atoms with Gasteiger partial charge in [0.15, 0.2) is 0 Å². The molecule has 0 aliphatic rings. The van der Waals surface area contributed by atoms with Gasteiger partial charge in [-0.1, -0.05) is 13.8 Å². The van der Waals surface area contributed by atoms with Crippen LogP contribution >= 0.6 is 0 Å². The summed E-state index contributed by atoms with van der Waals surface area (Å²) in [4.78, 5) is 23.4. The Labute approximate surface area is 126 Å². The molecule has 0 rings (SSSR count). The van der Waals surface area contributed by atoms with Gasteiger partial charge in [0.1, 0.15) is 5.60 Å². The van der Waals surface area contributed by atoms with Crippen molar-refractivity contribution in [1.82, 2.24) is 5.32 Å². The van der Waals surface area contributed by atoms with E-state index < -0.39 is 29.2 Å². The lowest BCUT2D eigenvalue weighted by Crippen LogP contribution is -2.48. The normalized spacial score (nSPS) is 16.2. The standard InChI is InChI=1S/C15H29NO5/c1-10(2)15(12(18)19,8-7-11(3)17)9-16-13(20)21-14(4,5)6/h10-11,17H,7-9H2,1-6H3,(H,16,20)(H,18,19). The van der Waals surface area contributed by atoms with Crippen LogP contribution in [0.1, 0.15) is 54.4 Å². The van der Waals surface area contributed by atoms with Gasteiger partial charge in [-0.3, -0.25) is 4.79 Å². The zero-order valence-corrected chi connectivity index (χ0v) is 13.9. The van der Waals surface area contributed by atoms with Crippen LogP contribution in [0.2, 0.25) is 0 Å². The smallest absolute Gasteiger partial charge is 0.407 e. The van der Waals surface area contributed by atoms with Gasteiger partial charge in [0.25, 0.3) is 0 Å². The number of carboxylic acids is 1. The molecule has 0 spiro atoms. The van der Waals surface area contributed by atoms with Crippen molar-refractivity contribution in [3.63, 3.8) is 0 Å². The highest BCUT2D eigenvalue weighted by Crippen LogP contribution is 2.33. The van der Waals surface area contributed by atoms with Gasteiger partial charge in [-0.25, -0.2) is 4.79 Å². The van der Waals surface area contributed by atoms with Gasteiger partial charge in [-0.2, -0.15) is 0 Å². The second-order valence-electron chi connectivity index (χ2n) is 6.86. The summed E-state index contributed by atoms with van der Waals surface area (Å²) in [5.41, 5.74) is -1.75. The molecule has 6 nitrogen and oxygen atoms in total. The van der Waals surface area contributed by atoms with Crippen LogP contribution < -0.4 is 5.32 Å². The molecule has 0 saturated carbocycles. The third-order valence-electron chi connectivity index (χ3n) is 3.49. The summed E-state index contributed by atoms with van der Waals surface area (Å²) < 4.78 is 5.13. The summed E-state index contributed by atoms with van der Waals surface area (Å²) in [7, 11) is 0. The third kappa shape index (κ3) is 6.80. The summed E-state index contributed by atoms with van der Waals surface area (Å²) in [6.45, 7) is 10.4. The zero-order valence-electron chi connectivity index (χ0n) is 13.9. The Morgan fingerprint density at radius 3 is 2.05 bits per heavy atom. The number of hydrogen-bond donors (Lipinski definition) is 3. The van der Waals surface area contributed by atoms with Crippen molar-refractivity contribution in [3.05, 3.63) is 0 Å². The van der Waals surface area contributed by atoms with E-state index >= 15 is 0 Å². The molecule has 0 saturated heterocycles. The number of hydrogen-bond acceptors (Lipinski definition) is 4. The number of alkyl carbamates (subject to hydrolysis) is 1. The molecule has 3 N–H and O–H groups in total. The Kier molecular flexibility index (Phi) is 7.16. The fourth-order valence-electron chi connectivity index (χ4n) is 2.02. The fourth-order valence-corrected chi connectivity index (χ4v) is 2.02. The lowest BCUT2D eigenvalue weighted by atomic mass is 9.73. The summed E-state index contributed by atoms with van der Waals surface area (Å²) in [6.07, 6.45) is -0.566. The van der Waals surface area contributed by atoms with Crippen LogP contribution in [0.25, 0.3) is 0 Å². The maximum atomic E-state index is 11.7. The number of aliphatic hydroxyl groups excluding tert-OH is 1. The monoisotopic (exact) mass is 303 g/mol. The number of nitrogens with one attached hydrogen (secondary N) is 1. The first-order valence-corrected chi connectivity index (χ1v) is 7.29. The first-order chi connectivity index (χ1) is 9.40. The van der Waals surface area contributed by atoms with Crippen molar-refractivity contribution in [2.75, 3.05) is 6.54 Å². The Bertz CT molecular complexity index is 360. The molecule has 0 aliphatic heterocycles. The van der Waals surface area contributed by atoms with Gasteiger partial charge in [0.05, 0.1) is 11.5 Å². The molecule has 0 radical (unpaired) electrons. The van der Waals surface area contributed by atoms with Crippen LogP contribution in [0.3, 0.4) is 0 Å². The van der Waals surface area contributed by atoms with Crippen molar-refractivity contribution >= 4 is 12.1 Å². The molecule has 0 bridgehead atoms. The first-order valence-electron chi connectivity index (χ1n) is 7.29. The second-order valence-corrected chi connectivity index (χ2v) is 6.86. The van der Waals surface area contributed by atoms with Crippen molar-refractivity contribution < 1.29 is 24.5 Å². The van der Waals surface area contributed by atoms with E-state index in [0.717, 1.165) is 0 Å². The summed E-state index contributed by atoms with van der Waals surface area (Å²) in [6, 6.07) is 0. The van der Waals surface area contributed by atoms with Crippen LogP contribution in [0.15, 0.2) is 0 Å². The lowest BCUT2D eigenvalue weighted by Gasteiger charge is -2.34. The minimum atomic E-state index is -1.12. The molecule has 2 atom stereocenters. The van der Waals surface area contributed by atoms with Crippen LogP contribution in [-0.2, 0) is 9.53 Å². The number of aliphatic carboxylic acids is 1. The average Bonchev–Trinajstić information content (AvgIpc) is 2.25. The molecule has 6 heteroatoms. The summed E-state index contributed by atoms with van der Waals surface area (Å²) >= 11 is 0. The molecule has 124 valence electrons. The van der Waals surface area contributed by atoms with Gasteiger partial charge in [0.2, 0.25) is 0 Å². The van der Waals surface area contributed by atoms with E-state index in [2.05, 4.69) is 5.32 Å². The summed E-state index contributed by atoms with van der Waals surface area (Å²) in [5.74, 6) is -1.17. The van der Waals surface area contributed by atoms with Gasteiger partial charge >= 0.3 is 12.1 Å². The average molecular weight is 303 g/mol. The highest BCUT2D eigenvalue weighted by atomic mass is 16.6. The van der Waals surface area contributed by atoms with E-state index in [1.54, 1.807) is 41.5 Å². The van der Waals surface area contributed by atoms with E-state index in [0.29, 0.717) is 6.42 Å². The first kappa shape index (κ1) is 19.7. The molecule has 0 aliphatic carbocycles. The SMILES string of the molecule is CC(O)CCC(CNC(=O)OC(C)(C)C)(C(=O)O)C(C)C. The highest BCUT2D eigenvalue weighted by Gasteiger charge is 2.42. The van der Waals surface area contributed by atoms with Crippen LogP contribution in [0.4, 0.5) is 4.79 Å². The molecule has 2 unspecified atom stereocenters. The Hall–Kier alpha value is -1.30. The number of carbonyl (C=O) groups is 2. The van der Waals surface area contributed by atoms with Crippen molar-refractivity contribution in [2.45, 2.75) is 66.1 Å². The van der Waals surface area contributed by atoms with Gasteiger partial charge in [-0.15, -0.1) is 0 Å². The van der Waals surface area contributed by atoms with Crippen LogP contribution in [0.5, 0.6) is 0 Å². The Morgan fingerprint density at radius 2 is 1.71 bits per heavy atom. The molecule has 21 heavy (non-hydrogen) atoms. The molecule has 0 heterocycles. The predicted molar refractivity (Wildman–Crippen MR) is 80.1 cm³/mol. The van der Waals surface area contributed by atoms with Crippen molar-refractivity contribution in [2.24, 2.45) is 11.3 Å². The fraction of sp³-hybridized carbons (Fsp3) is 0.867. The number of aliphatic hydroxyl groups is 1. The minimum Gasteiger partial charge on any atom is -0.481 e. The molecule has 0 aromatic heterocycles. The minimum absolute atomic E-state index is 0.0262. The second kappa shape index (κ2) is 7.64. The van der Waals surface area contributed by atoms with Crippen molar-refractivity contribution in [3.8, 4) is 0 Å². The Balaban J connectivity index is 4.90. The third-order valence-corrected chi connectivity index (χ3v) is 3.49. The number of carboxylic acid groups (broad SMARTS) is 1.